The average molecular weight is 511 g/mol. The lowest BCUT2D eigenvalue weighted by Gasteiger charge is -2.42. The zero-order chi connectivity index (χ0) is 24.8. The maximum Gasteiger partial charge on any atom is 0.460 e. The van der Waals surface area contributed by atoms with E-state index in [1.165, 1.54) is 0 Å². The monoisotopic (exact) mass is 510 g/mol. The van der Waals surface area contributed by atoms with Crippen LogP contribution in [0.3, 0.4) is 0 Å². The van der Waals surface area contributed by atoms with E-state index in [0.717, 1.165) is 0 Å². The maximum absolute atomic E-state index is 13.4. The molecule has 0 N–H and O–H groups in total. The van der Waals surface area contributed by atoms with E-state index < -0.39 is 72.8 Å². The largest absolute Gasteiger partial charge is 0.460 e. The van der Waals surface area contributed by atoms with Crippen LogP contribution in [0.2, 0.25) is 0 Å². The van der Waals surface area contributed by atoms with Crippen molar-refractivity contribution in [1.29, 1.82) is 0 Å². The van der Waals surface area contributed by atoms with Crippen molar-refractivity contribution in [3.05, 3.63) is 0 Å². The maximum atomic E-state index is 13.4. The molecule has 18 heteroatoms. The van der Waals surface area contributed by atoms with Crippen LogP contribution in [0.5, 0.6) is 0 Å². The summed E-state index contributed by atoms with van der Waals surface area (Å²) in [5.41, 5.74) is 0. The van der Waals surface area contributed by atoms with Crippen LogP contribution in [-0.4, -0.2) is 53.5 Å². The van der Waals surface area contributed by atoms with Crippen LogP contribution in [0.25, 0.3) is 0 Å². The van der Waals surface area contributed by atoms with Crippen molar-refractivity contribution in [1.82, 2.24) is 0 Å². The summed E-state index contributed by atoms with van der Waals surface area (Å²) in [6, 6.07) is 0. The highest BCUT2D eigenvalue weighted by Crippen LogP contribution is 2.64. The molecule has 0 fully saturated rings. The van der Waals surface area contributed by atoms with E-state index in [-0.39, 0.29) is 0 Å². The van der Waals surface area contributed by atoms with Gasteiger partial charge in [-0.1, -0.05) is 0 Å². The van der Waals surface area contributed by atoms with Crippen LogP contribution in [0.1, 0.15) is 19.3 Å². The van der Waals surface area contributed by atoms with Gasteiger partial charge in [-0.3, -0.25) is 0 Å². The van der Waals surface area contributed by atoms with Crippen molar-refractivity contribution in [3.8, 4) is 0 Å². The third kappa shape index (κ3) is 3.98. The molecule has 0 amide bonds. The van der Waals surface area contributed by atoms with E-state index in [0.29, 0.717) is 0 Å². The lowest BCUT2D eigenvalue weighted by atomic mass is 9.88. The Morgan fingerprint density at radius 2 is 0.700 bits per heavy atom. The Labute approximate surface area is 160 Å². The highest BCUT2D eigenvalue weighted by atomic mass is 35.5. The first-order valence-electron chi connectivity index (χ1n) is 7.08. The molecular weight excluding hydrogens is 503 g/mol. The summed E-state index contributed by atoms with van der Waals surface area (Å²) in [5.74, 6) is -56.4. The van der Waals surface area contributed by atoms with Gasteiger partial charge in [-0.05, 0) is 12.8 Å². The van der Waals surface area contributed by atoms with Gasteiger partial charge in [-0.15, -0.1) is 11.6 Å². The molecule has 0 aromatic rings. The molecule has 0 aliphatic heterocycles. The second kappa shape index (κ2) is 7.90. The minimum atomic E-state index is -8.59. The predicted molar refractivity (Wildman–Crippen MR) is 65.3 cm³/mol. The van der Waals surface area contributed by atoms with Gasteiger partial charge in [0.1, 0.15) is 0 Å². The summed E-state index contributed by atoms with van der Waals surface area (Å²) in [7, 11) is 0. The third-order valence-electron chi connectivity index (χ3n) is 3.66. The fourth-order valence-electron chi connectivity index (χ4n) is 1.79. The summed E-state index contributed by atoms with van der Waals surface area (Å²) < 4.78 is 220. The Morgan fingerprint density at radius 3 is 1.00 bits per heavy atom. The third-order valence-corrected chi connectivity index (χ3v) is 3.93. The van der Waals surface area contributed by atoms with Crippen molar-refractivity contribution in [3.63, 3.8) is 0 Å². The smallest absolute Gasteiger partial charge is 0.200 e. The number of rotatable bonds is 10. The van der Waals surface area contributed by atoms with E-state index in [4.69, 9.17) is 11.6 Å². The Hall–Kier alpha value is -0.900. The SMILES string of the molecule is FC(F)(F)C(F)(F)C(F)(F)C(F)(F)C(F)(F)C(F)(F)C(F)(F)C(F)(F)CCCCCl. The number of hydrogen-bond donors (Lipinski definition) is 0. The van der Waals surface area contributed by atoms with Crippen LogP contribution >= 0.6 is 11.6 Å². The molecule has 0 aromatic heterocycles. The van der Waals surface area contributed by atoms with Crippen LogP contribution in [0.4, 0.5) is 74.6 Å². The zero-order valence-corrected chi connectivity index (χ0v) is 14.4. The van der Waals surface area contributed by atoms with Crippen molar-refractivity contribution < 1.29 is 74.6 Å². The van der Waals surface area contributed by atoms with Gasteiger partial charge in [0.2, 0.25) is 0 Å². The van der Waals surface area contributed by atoms with Gasteiger partial charge in [-0.2, -0.15) is 74.6 Å². The lowest BCUT2D eigenvalue weighted by Crippen LogP contribution is -2.74. The summed E-state index contributed by atoms with van der Waals surface area (Å²) >= 11 is 4.95. The predicted octanol–water partition coefficient (Wildman–Crippen LogP) is 7.40. The number of halogens is 18. The normalized spacial score (nSPS) is 16.2. The lowest BCUT2D eigenvalue weighted by molar-refractivity contribution is -0.461. The van der Waals surface area contributed by atoms with Gasteiger partial charge < -0.3 is 0 Å². The fourth-order valence-corrected chi connectivity index (χ4v) is 1.98. The van der Waals surface area contributed by atoms with Crippen molar-refractivity contribution >= 4 is 11.6 Å². The molecule has 0 aromatic carbocycles. The van der Waals surface area contributed by atoms with Gasteiger partial charge >= 0.3 is 47.6 Å². The molecule has 0 nitrogen and oxygen atoms in total. The first-order chi connectivity index (χ1) is 12.8. The summed E-state index contributed by atoms with van der Waals surface area (Å²) in [6.45, 7) is 0. The molecule has 182 valence electrons. The second-order valence-electron chi connectivity index (χ2n) is 5.79. The summed E-state index contributed by atoms with van der Waals surface area (Å²) in [4.78, 5) is 0. The van der Waals surface area contributed by atoms with Crippen LogP contribution < -0.4 is 0 Å². The molecule has 0 saturated heterocycles. The topological polar surface area (TPSA) is 0 Å². The molecule has 0 aliphatic rings. The van der Waals surface area contributed by atoms with E-state index in [9.17, 15) is 74.6 Å². The van der Waals surface area contributed by atoms with Gasteiger partial charge in [0, 0.05) is 12.3 Å². The van der Waals surface area contributed by atoms with Crippen molar-refractivity contribution in [2.45, 2.75) is 66.9 Å². The van der Waals surface area contributed by atoms with Gasteiger partial charge in [-0.25, -0.2) is 0 Å². The van der Waals surface area contributed by atoms with E-state index in [1.807, 2.05) is 0 Å². The molecule has 0 radical (unpaired) electrons. The van der Waals surface area contributed by atoms with E-state index >= 15 is 0 Å². The molecule has 0 spiro atoms. The molecular formula is C12H8ClF17. The quantitative estimate of drug-likeness (QED) is 0.163. The molecule has 0 rings (SSSR count). The first-order valence-corrected chi connectivity index (χ1v) is 7.62. The molecule has 0 saturated carbocycles. The molecule has 0 aliphatic carbocycles. The molecule has 0 atom stereocenters. The van der Waals surface area contributed by atoms with E-state index in [2.05, 4.69) is 0 Å². The van der Waals surface area contributed by atoms with E-state index in [1.54, 1.807) is 0 Å². The molecule has 30 heavy (non-hydrogen) atoms. The molecule has 0 bridgehead atoms. The Bertz CT molecular complexity index is 590. The van der Waals surface area contributed by atoms with Crippen LogP contribution in [-0.2, 0) is 0 Å². The molecule has 0 unspecified atom stereocenters. The fraction of sp³-hybridized carbons (Fsp3) is 1.00. The average Bonchev–Trinajstić information content (AvgIpc) is 2.52. The highest BCUT2D eigenvalue weighted by Gasteiger charge is 2.95. The summed E-state index contributed by atoms with van der Waals surface area (Å²) in [6.07, 6.45) is -12.0. The highest BCUT2D eigenvalue weighted by molar-refractivity contribution is 6.17. The van der Waals surface area contributed by atoms with Crippen molar-refractivity contribution in [2.24, 2.45) is 0 Å². The number of alkyl halides is 18. The van der Waals surface area contributed by atoms with Gasteiger partial charge in [0.25, 0.3) is 0 Å². The Morgan fingerprint density at radius 1 is 0.400 bits per heavy atom. The standard InChI is InChI=1S/C12H8ClF17/c13-4-2-1-3-5(14,15)6(16,17)7(18,19)8(20,21)9(22,23)10(24,25)11(26,27)12(28,29)30/h1-4H2. The second-order valence-corrected chi connectivity index (χ2v) is 6.17. The van der Waals surface area contributed by atoms with Gasteiger partial charge in [0.15, 0.2) is 0 Å². The number of hydrogen-bond acceptors (Lipinski definition) is 0. The van der Waals surface area contributed by atoms with Crippen LogP contribution in [0, 0.1) is 0 Å². The molecule has 0 heterocycles. The van der Waals surface area contributed by atoms with Crippen molar-refractivity contribution in [2.75, 3.05) is 5.88 Å². The Balaban J connectivity index is 6.48. The minimum absolute atomic E-state index is 0.551. The zero-order valence-electron chi connectivity index (χ0n) is 13.6. The Kier molecular flexibility index (Phi) is 7.67. The summed E-state index contributed by atoms with van der Waals surface area (Å²) in [5, 5.41) is 0. The van der Waals surface area contributed by atoms with Gasteiger partial charge in [0.05, 0.1) is 0 Å². The number of unbranched alkanes of at least 4 members (excludes halogenated alkanes) is 1. The first kappa shape index (κ1) is 29.1. The van der Waals surface area contributed by atoms with Crippen LogP contribution in [0.15, 0.2) is 0 Å². The minimum Gasteiger partial charge on any atom is -0.200 e.